The van der Waals surface area contributed by atoms with E-state index in [0.717, 1.165) is 12.8 Å². The number of carbonyl (C=O) groups is 1. The summed E-state index contributed by atoms with van der Waals surface area (Å²) in [6.07, 6.45) is 2.32. The Hall–Kier alpha value is -1.43. The molecule has 1 rings (SSSR count). The summed E-state index contributed by atoms with van der Waals surface area (Å²) in [4.78, 5) is 11.0. The van der Waals surface area contributed by atoms with Gasteiger partial charge in [0.2, 0.25) is 0 Å². The van der Waals surface area contributed by atoms with Gasteiger partial charge in [-0.1, -0.05) is 19.1 Å². The second-order valence-corrected chi connectivity index (χ2v) is 3.85. The van der Waals surface area contributed by atoms with E-state index in [2.05, 4.69) is 24.2 Å². The third kappa shape index (κ3) is 3.03. The van der Waals surface area contributed by atoms with Crippen molar-refractivity contribution in [2.75, 3.05) is 13.7 Å². The maximum Gasteiger partial charge on any atom is 0.358 e. The average molecular weight is 241 g/mol. The number of carboxylic acid groups (broad SMARTS) is 1. The molecule has 0 aliphatic rings. The number of methoxy groups -OCH3 is 1. The number of ether oxygens (including phenoxy) is 1. The average Bonchev–Trinajstić information content (AvgIpc) is 2.72. The van der Waals surface area contributed by atoms with Gasteiger partial charge in [0.15, 0.2) is 5.69 Å². The van der Waals surface area contributed by atoms with Crippen LogP contribution in [0.25, 0.3) is 0 Å². The number of nitrogens with zero attached hydrogens (tertiary/aromatic N) is 3. The molecule has 0 amide bonds. The normalized spacial score (nSPS) is 11.1. The molecule has 0 unspecified atom stereocenters. The van der Waals surface area contributed by atoms with Gasteiger partial charge >= 0.3 is 5.97 Å². The van der Waals surface area contributed by atoms with E-state index in [1.165, 1.54) is 0 Å². The van der Waals surface area contributed by atoms with Gasteiger partial charge in [0.1, 0.15) is 0 Å². The van der Waals surface area contributed by atoms with Gasteiger partial charge in [0, 0.05) is 13.5 Å². The van der Waals surface area contributed by atoms with Crippen molar-refractivity contribution in [1.29, 1.82) is 0 Å². The molecule has 1 N–H and O–H groups in total. The Balaban J connectivity index is 3.07. The molecule has 1 aromatic heterocycles. The minimum absolute atomic E-state index is 0.0361. The molecule has 0 saturated carbocycles. The SMILES string of the molecule is CCC(CC)n1nnc(C(=O)O)c1CCOC. The summed E-state index contributed by atoms with van der Waals surface area (Å²) in [5.41, 5.74) is 0.682. The van der Waals surface area contributed by atoms with E-state index in [4.69, 9.17) is 9.84 Å². The third-order valence-corrected chi connectivity index (χ3v) is 2.82. The zero-order valence-electron chi connectivity index (χ0n) is 10.5. The minimum Gasteiger partial charge on any atom is -0.476 e. The molecule has 0 radical (unpaired) electrons. The Morgan fingerprint density at radius 1 is 1.47 bits per heavy atom. The fourth-order valence-electron chi connectivity index (χ4n) is 1.84. The second kappa shape index (κ2) is 6.34. The Morgan fingerprint density at radius 2 is 2.12 bits per heavy atom. The maximum atomic E-state index is 11.0. The lowest BCUT2D eigenvalue weighted by atomic mass is 10.1. The Kier molecular flexibility index (Phi) is 5.09. The number of aromatic carboxylic acids is 1. The molecule has 6 nitrogen and oxygen atoms in total. The standard InChI is InChI=1S/C11H19N3O3/c1-4-8(5-2)14-9(6-7-17-3)10(11(15)16)12-13-14/h8H,4-7H2,1-3H3,(H,15,16). The number of rotatable bonds is 7. The van der Waals surface area contributed by atoms with E-state index in [1.54, 1.807) is 11.8 Å². The van der Waals surface area contributed by atoms with Crippen molar-refractivity contribution in [3.05, 3.63) is 11.4 Å². The lowest BCUT2D eigenvalue weighted by Crippen LogP contribution is -2.15. The van der Waals surface area contributed by atoms with Crippen LogP contribution in [0, 0.1) is 0 Å². The molecular weight excluding hydrogens is 222 g/mol. The molecule has 0 saturated heterocycles. The van der Waals surface area contributed by atoms with Crippen molar-refractivity contribution < 1.29 is 14.6 Å². The van der Waals surface area contributed by atoms with Crippen molar-refractivity contribution >= 4 is 5.97 Å². The minimum atomic E-state index is -1.03. The van der Waals surface area contributed by atoms with Gasteiger partial charge in [-0.3, -0.25) is 0 Å². The van der Waals surface area contributed by atoms with Crippen molar-refractivity contribution in [1.82, 2.24) is 15.0 Å². The zero-order valence-corrected chi connectivity index (χ0v) is 10.5. The molecule has 0 spiro atoms. The van der Waals surface area contributed by atoms with Crippen molar-refractivity contribution in [3.8, 4) is 0 Å². The van der Waals surface area contributed by atoms with Crippen LogP contribution in [-0.4, -0.2) is 39.8 Å². The molecule has 0 atom stereocenters. The van der Waals surface area contributed by atoms with Gasteiger partial charge in [-0.05, 0) is 12.8 Å². The maximum absolute atomic E-state index is 11.0. The quantitative estimate of drug-likeness (QED) is 0.783. The molecule has 6 heteroatoms. The van der Waals surface area contributed by atoms with E-state index in [0.29, 0.717) is 18.7 Å². The third-order valence-electron chi connectivity index (χ3n) is 2.82. The van der Waals surface area contributed by atoms with Crippen LogP contribution in [0.1, 0.15) is 48.9 Å². The van der Waals surface area contributed by atoms with Crippen LogP contribution in [0.15, 0.2) is 0 Å². The summed E-state index contributed by atoms with van der Waals surface area (Å²) in [5.74, 6) is -1.03. The Morgan fingerprint density at radius 3 is 2.59 bits per heavy atom. The summed E-state index contributed by atoms with van der Waals surface area (Å²) in [5, 5.41) is 16.8. The first-order chi connectivity index (χ1) is 8.15. The van der Waals surface area contributed by atoms with Crippen LogP contribution in [0.5, 0.6) is 0 Å². The van der Waals surface area contributed by atoms with Crippen molar-refractivity contribution in [3.63, 3.8) is 0 Å². The largest absolute Gasteiger partial charge is 0.476 e. The van der Waals surface area contributed by atoms with E-state index in [1.807, 2.05) is 0 Å². The highest BCUT2D eigenvalue weighted by molar-refractivity contribution is 5.86. The number of aromatic nitrogens is 3. The Bertz CT molecular complexity index is 372. The number of hydrogen-bond donors (Lipinski definition) is 1. The van der Waals surface area contributed by atoms with Crippen LogP contribution in [0.4, 0.5) is 0 Å². The van der Waals surface area contributed by atoms with Crippen LogP contribution in [-0.2, 0) is 11.2 Å². The summed E-state index contributed by atoms with van der Waals surface area (Å²) < 4.78 is 6.71. The zero-order chi connectivity index (χ0) is 12.8. The molecule has 0 aliphatic heterocycles. The molecule has 0 aromatic carbocycles. The van der Waals surface area contributed by atoms with Crippen molar-refractivity contribution in [2.24, 2.45) is 0 Å². The van der Waals surface area contributed by atoms with Crippen LogP contribution >= 0.6 is 0 Å². The van der Waals surface area contributed by atoms with Gasteiger partial charge in [0.25, 0.3) is 0 Å². The Labute approximate surface area is 101 Å². The highest BCUT2D eigenvalue weighted by Crippen LogP contribution is 2.19. The van der Waals surface area contributed by atoms with Gasteiger partial charge in [-0.15, -0.1) is 5.10 Å². The summed E-state index contributed by atoms with van der Waals surface area (Å²) in [6.45, 7) is 4.57. The van der Waals surface area contributed by atoms with E-state index in [-0.39, 0.29) is 11.7 Å². The molecule has 0 bridgehead atoms. The lowest BCUT2D eigenvalue weighted by Gasteiger charge is -2.15. The van der Waals surface area contributed by atoms with E-state index < -0.39 is 5.97 Å². The van der Waals surface area contributed by atoms with Gasteiger partial charge in [-0.2, -0.15) is 0 Å². The monoisotopic (exact) mass is 241 g/mol. The molecule has 1 heterocycles. The highest BCUT2D eigenvalue weighted by atomic mass is 16.5. The van der Waals surface area contributed by atoms with E-state index >= 15 is 0 Å². The predicted molar refractivity (Wildman–Crippen MR) is 62.2 cm³/mol. The molecular formula is C11H19N3O3. The molecule has 0 fully saturated rings. The summed E-state index contributed by atoms with van der Waals surface area (Å²) in [6, 6.07) is 0.197. The topological polar surface area (TPSA) is 77.2 Å². The molecule has 1 aromatic rings. The summed E-state index contributed by atoms with van der Waals surface area (Å²) in [7, 11) is 1.59. The van der Waals surface area contributed by atoms with Gasteiger partial charge in [-0.25, -0.2) is 9.48 Å². The first kappa shape index (κ1) is 13.6. The molecule has 96 valence electrons. The predicted octanol–water partition coefficient (Wildman–Crippen LogP) is 1.53. The lowest BCUT2D eigenvalue weighted by molar-refractivity contribution is 0.0688. The first-order valence-electron chi connectivity index (χ1n) is 5.81. The fourth-order valence-corrected chi connectivity index (χ4v) is 1.84. The summed E-state index contributed by atoms with van der Waals surface area (Å²) >= 11 is 0. The first-order valence-corrected chi connectivity index (χ1v) is 5.81. The van der Waals surface area contributed by atoms with Crippen LogP contribution in [0.3, 0.4) is 0 Å². The fraction of sp³-hybridized carbons (Fsp3) is 0.727. The van der Waals surface area contributed by atoms with Crippen LogP contribution in [0.2, 0.25) is 0 Å². The van der Waals surface area contributed by atoms with Gasteiger partial charge in [0.05, 0.1) is 18.3 Å². The van der Waals surface area contributed by atoms with Crippen molar-refractivity contribution in [2.45, 2.75) is 39.2 Å². The highest BCUT2D eigenvalue weighted by Gasteiger charge is 2.21. The molecule has 0 aliphatic carbocycles. The number of hydrogen-bond acceptors (Lipinski definition) is 4. The van der Waals surface area contributed by atoms with Gasteiger partial charge < -0.3 is 9.84 Å². The van der Waals surface area contributed by atoms with Crippen LogP contribution < -0.4 is 0 Å². The molecule has 17 heavy (non-hydrogen) atoms. The smallest absolute Gasteiger partial charge is 0.358 e. The second-order valence-electron chi connectivity index (χ2n) is 3.85. The number of carboxylic acids is 1. The van der Waals surface area contributed by atoms with E-state index in [9.17, 15) is 4.79 Å².